The normalized spacial score (nSPS) is 12.6. The van der Waals surface area contributed by atoms with Crippen molar-refractivity contribution in [2.24, 2.45) is 0 Å². The number of amides is 1. The van der Waals surface area contributed by atoms with Crippen molar-refractivity contribution in [1.29, 1.82) is 0 Å². The van der Waals surface area contributed by atoms with E-state index in [-0.39, 0.29) is 22.5 Å². The van der Waals surface area contributed by atoms with E-state index in [1.54, 1.807) is 12.1 Å². The lowest BCUT2D eigenvalue weighted by atomic mass is 10.1. The molecule has 2 aromatic carbocycles. The van der Waals surface area contributed by atoms with Gasteiger partial charge in [-0.05, 0) is 24.6 Å². The van der Waals surface area contributed by atoms with E-state index in [9.17, 15) is 13.2 Å². The van der Waals surface area contributed by atoms with Gasteiger partial charge in [-0.25, -0.2) is 13.1 Å². The van der Waals surface area contributed by atoms with Crippen molar-refractivity contribution >= 4 is 27.5 Å². The van der Waals surface area contributed by atoms with E-state index in [0.717, 1.165) is 5.56 Å². The predicted molar refractivity (Wildman–Crippen MR) is 89.6 cm³/mol. The van der Waals surface area contributed by atoms with Crippen LogP contribution in [0.5, 0.6) is 0 Å². The summed E-state index contributed by atoms with van der Waals surface area (Å²) in [5.41, 5.74) is 0.940. The summed E-state index contributed by atoms with van der Waals surface area (Å²) in [7, 11) is -3.83. The van der Waals surface area contributed by atoms with Gasteiger partial charge in [0, 0.05) is 0 Å². The van der Waals surface area contributed by atoms with Crippen molar-refractivity contribution in [2.45, 2.75) is 17.9 Å². The van der Waals surface area contributed by atoms with Gasteiger partial charge in [0.05, 0.1) is 17.6 Å². The Hall–Kier alpha value is -1.89. The molecule has 0 fully saturated rings. The van der Waals surface area contributed by atoms with Crippen LogP contribution in [-0.2, 0) is 14.8 Å². The number of carbonyl (C=O) groups excluding carboxylic acids is 1. The van der Waals surface area contributed by atoms with E-state index in [4.69, 9.17) is 11.6 Å². The van der Waals surface area contributed by atoms with Gasteiger partial charge in [-0.3, -0.25) is 4.79 Å². The Morgan fingerprint density at radius 3 is 2.35 bits per heavy atom. The molecule has 1 unspecified atom stereocenters. The van der Waals surface area contributed by atoms with Crippen LogP contribution in [0.1, 0.15) is 18.5 Å². The quantitative estimate of drug-likeness (QED) is 0.838. The summed E-state index contributed by atoms with van der Waals surface area (Å²) in [6.07, 6.45) is 0. The summed E-state index contributed by atoms with van der Waals surface area (Å²) in [6, 6.07) is 15.3. The van der Waals surface area contributed by atoms with Crippen LogP contribution < -0.4 is 10.0 Å². The molecule has 0 aliphatic carbocycles. The number of rotatable bonds is 6. The highest BCUT2D eigenvalue weighted by molar-refractivity contribution is 7.89. The fourth-order valence-corrected chi connectivity index (χ4v) is 3.52. The van der Waals surface area contributed by atoms with Gasteiger partial charge < -0.3 is 5.32 Å². The van der Waals surface area contributed by atoms with Crippen LogP contribution in [0.25, 0.3) is 0 Å². The first-order chi connectivity index (χ1) is 10.9. The van der Waals surface area contributed by atoms with E-state index >= 15 is 0 Å². The van der Waals surface area contributed by atoms with Crippen molar-refractivity contribution < 1.29 is 13.2 Å². The maximum absolute atomic E-state index is 12.1. The molecule has 2 N–H and O–H groups in total. The van der Waals surface area contributed by atoms with Crippen molar-refractivity contribution in [2.75, 3.05) is 6.54 Å². The topological polar surface area (TPSA) is 75.3 Å². The predicted octanol–water partition coefficient (Wildman–Crippen LogP) is 2.50. The molecule has 0 aromatic heterocycles. The Labute approximate surface area is 140 Å². The molecule has 0 bridgehead atoms. The first kappa shape index (κ1) is 17.5. The highest BCUT2D eigenvalue weighted by Gasteiger charge is 2.19. The molecule has 0 saturated heterocycles. The first-order valence-corrected chi connectivity index (χ1v) is 8.85. The van der Waals surface area contributed by atoms with Gasteiger partial charge in [0.25, 0.3) is 0 Å². The molecular formula is C16H17ClN2O3S. The fourth-order valence-electron chi connectivity index (χ4n) is 2.02. The Bertz CT molecular complexity index is 779. The molecule has 0 heterocycles. The van der Waals surface area contributed by atoms with Crippen LogP contribution in [0.3, 0.4) is 0 Å². The number of hydrogen-bond acceptors (Lipinski definition) is 3. The second-order valence-corrected chi connectivity index (χ2v) is 7.10. The van der Waals surface area contributed by atoms with E-state index in [1.165, 1.54) is 12.1 Å². The third kappa shape index (κ3) is 4.79. The van der Waals surface area contributed by atoms with Crippen molar-refractivity contribution in [3.8, 4) is 0 Å². The van der Waals surface area contributed by atoms with Crippen molar-refractivity contribution in [1.82, 2.24) is 10.0 Å². The number of halogens is 1. The Balaban J connectivity index is 1.95. The number of benzene rings is 2. The van der Waals surface area contributed by atoms with Gasteiger partial charge >= 0.3 is 0 Å². The highest BCUT2D eigenvalue weighted by atomic mass is 35.5. The monoisotopic (exact) mass is 352 g/mol. The standard InChI is InChI=1S/C16H17ClN2O3S/c1-12(13-7-3-2-4-8-13)19-16(20)11-18-23(21,22)15-10-6-5-9-14(15)17/h2-10,12,18H,11H2,1H3,(H,19,20). The fraction of sp³-hybridized carbons (Fsp3) is 0.188. The highest BCUT2D eigenvalue weighted by Crippen LogP contribution is 2.19. The molecule has 122 valence electrons. The maximum atomic E-state index is 12.1. The van der Waals surface area contributed by atoms with E-state index in [0.29, 0.717) is 0 Å². The molecule has 23 heavy (non-hydrogen) atoms. The molecule has 0 spiro atoms. The molecule has 0 saturated carbocycles. The molecule has 0 radical (unpaired) electrons. The molecule has 2 rings (SSSR count). The first-order valence-electron chi connectivity index (χ1n) is 6.98. The minimum absolute atomic E-state index is 0.0504. The molecule has 0 aliphatic heterocycles. The molecule has 5 nitrogen and oxygen atoms in total. The molecule has 2 aromatic rings. The van der Waals surface area contributed by atoms with Gasteiger partial charge in [0.1, 0.15) is 4.90 Å². The zero-order valence-corrected chi connectivity index (χ0v) is 14.1. The number of sulfonamides is 1. The maximum Gasteiger partial charge on any atom is 0.242 e. The zero-order valence-electron chi connectivity index (χ0n) is 12.5. The summed E-state index contributed by atoms with van der Waals surface area (Å²) in [5, 5.41) is 2.85. The smallest absolute Gasteiger partial charge is 0.242 e. The molecule has 1 amide bonds. The van der Waals surface area contributed by atoms with Gasteiger partial charge in [0.15, 0.2) is 0 Å². The van der Waals surface area contributed by atoms with E-state index in [1.807, 2.05) is 37.3 Å². The summed E-state index contributed by atoms with van der Waals surface area (Å²) < 4.78 is 26.5. The van der Waals surface area contributed by atoms with Crippen molar-refractivity contribution in [3.63, 3.8) is 0 Å². The average Bonchev–Trinajstić information content (AvgIpc) is 2.54. The summed E-state index contributed by atoms with van der Waals surface area (Å²) in [4.78, 5) is 11.9. The Morgan fingerprint density at radius 2 is 1.70 bits per heavy atom. The largest absolute Gasteiger partial charge is 0.348 e. The number of hydrogen-bond donors (Lipinski definition) is 2. The SMILES string of the molecule is CC(NC(=O)CNS(=O)(=O)c1ccccc1Cl)c1ccccc1. The molecular weight excluding hydrogens is 336 g/mol. The van der Waals surface area contributed by atoms with E-state index < -0.39 is 15.9 Å². The summed E-state index contributed by atoms with van der Waals surface area (Å²) in [6.45, 7) is 1.47. The Morgan fingerprint density at radius 1 is 1.09 bits per heavy atom. The zero-order chi connectivity index (χ0) is 16.9. The minimum atomic E-state index is -3.83. The van der Waals surface area contributed by atoms with Crippen LogP contribution in [0, 0.1) is 0 Å². The number of nitrogens with one attached hydrogen (secondary N) is 2. The van der Waals surface area contributed by atoms with Crippen LogP contribution in [0.2, 0.25) is 5.02 Å². The minimum Gasteiger partial charge on any atom is -0.348 e. The second kappa shape index (κ2) is 7.59. The van der Waals surface area contributed by atoms with Crippen LogP contribution in [-0.4, -0.2) is 20.9 Å². The summed E-state index contributed by atoms with van der Waals surface area (Å²) in [5.74, 6) is -0.419. The van der Waals surface area contributed by atoms with Gasteiger partial charge in [0.2, 0.25) is 15.9 Å². The Kier molecular flexibility index (Phi) is 5.76. The third-order valence-electron chi connectivity index (χ3n) is 3.23. The number of carbonyl (C=O) groups is 1. The van der Waals surface area contributed by atoms with Gasteiger partial charge in [-0.15, -0.1) is 0 Å². The van der Waals surface area contributed by atoms with E-state index in [2.05, 4.69) is 10.0 Å². The second-order valence-electron chi connectivity index (χ2n) is 4.95. The molecule has 1 atom stereocenters. The third-order valence-corrected chi connectivity index (χ3v) is 5.13. The summed E-state index contributed by atoms with van der Waals surface area (Å²) >= 11 is 5.87. The van der Waals surface area contributed by atoms with Crippen molar-refractivity contribution in [3.05, 3.63) is 65.2 Å². The molecule has 0 aliphatic rings. The van der Waals surface area contributed by atoms with Gasteiger partial charge in [-0.1, -0.05) is 54.1 Å². The van der Waals surface area contributed by atoms with Gasteiger partial charge in [-0.2, -0.15) is 0 Å². The van der Waals surface area contributed by atoms with Crippen LogP contribution >= 0.6 is 11.6 Å². The lowest BCUT2D eigenvalue weighted by Crippen LogP contribution is -2.38. The average molecular weight is 353 g/mol. The molecule has 7 heteroatoms. The lowest BCUT2D eigenvalue weighted by molar-refractivity contribution is -0.120. The van der Waals surface area contributed by atoms with Crippen LogP contribution in [0.15, 0.2) is 59.5 Å². The lowest BCUT2D eigenvalue weighted by Gasteiger charge is -2.15. The van der Waals surface area contributed by atoms with Crippen LogP contribution in [0.4, 0.5) is 0 Å².